The molecule has 0 saturated carbocycles. The molecule has 43 heavy (non-hydrogen) atoms. The number of rotatable bonds is 3. The van der Waals surface area contributed by atoms with Gasteiger partial charge >= 0.3 is 27.8 Å². The molecule has 4 rings (SSSR count). The molecule has 2 atom stereocenters. The first kappa shape index (κ1) is 34.0. The third-order valence-electron chi connectivity index (χ3n) is 6.22. The molecule has 1 N–H and O–H groups in total. The second-order valence-corrected chi connectivity index (χ2v) is 13.3. The number of fused-ring (bicyclic) bond motifs is 1. The number of carbonyl (C=O) groups is 2. The Kier molecular flexibility index (Phi) is 10.3. The van der Waals surface area contributed by atoms with Crippen molar-refractivity contribution in [2.75, 3.05) is 13.1 Å². The molecule has 1 aromatic heterocycles. The number of allylic oxidation sites excluding steroid dienone is 2. The molecule has 0 radical (unpaired) electrons. The fraction of sp³-hybridized carbons (Fsp3) is 0.464. The molecule has 2 aromatic rings. The number of carboxylic acid groups (broad SMARTS) is 1. The number of pyridine rings is 1. The van der Waals surface area contributed by atoms with Crippen molar-refractivity contribution in [2.45, 2.75) is 58.6 Å². The Morgan fingerprint density at radius 2 is 1.63 bits per heavy atom. The van der Waals surface area contributed by atoms with Gasteiger partial charge in [-0.1, -0.05) is 43.7 Å². The van der Waals surface area contributed by atoms with Gasteiger partial charge in [-0.2, -0.15) is 21.6 Å². The summed E-state index contributed by atoms with van der Waals surface area (Å²) >= 11 is 5.93. The lowest BCUT2D eigenvalue weighted by molar-refractivity contribution is -0.0546. The molecule has 2 amide bonds. The zero-order valence-corrected chi connectivity index (χ0v) is 25.8. The summed E-state index contributed by atoms with van der Waals surface area (Å²) in [6.45, 7) is 9.05. The standard InChI is InChI=1S/C16H15ClN2O2.C12H18F3NO5S/c1-10-2-5-15(19(9-10)16(20)21)12-4-3-11-6-13(17)8-18-14(11)7-12;1-8-5-6-9(21-22(18,19)12(13,14)15)16(7-8)10(17)20-11(2,3)4/h3-8,10H,2,9H2,1H3,(H,20,21);6,8H,5,7H2,1-4H3. The van der Waals surface area contributed by atoms with Crippen molar-refractivity contribution >= 4 is 50.5 Å². The van der Waals surface area contributed by atoms with E-state index in [1.54, 1.807) is 33.9 Å². The Bertz CT molecular complexity index is 1540. The van der Waals surface area contributed by atoms with Gasteiger partial charge in [0.25, 0.3) is 0 Å². The quantitative estimate of drug-likeness (QED) is 0.273. The average molecular weight is 648 g/mol. The molecule has 0 aliphatic carbocycles. The molecule has 0 fully saturated rings. The number of aromatic nitrogens is 1. The van der Waals surface area contributed by atoms with E-state index < -0.39 is 39.3 Å². The summed E-state index contributed by atoms with van der Waals surface area (Å²) in [5.41, 5.74) is -4.05. The van der Waals surface area contributed by atoms with Crippen molar-refractivity contribution in [3.05, 3.63) is 59.1 Å². The molecule has 3 heterocycles. The number of halogens is 4. The monoisotopic (exact) mass is 647 g/mol. The van der Waals surface area contributed by atoms with Crippen molar-refractivity contribution in [2.24, 2.45) is 11.8 Å². The fourth-order valence-electron chi connectivity index (χ4n) is 4.22. The molecule has 10 nitrogen and oxygen atoms in total. The van der Waals surface area contributed by atoms with E-state index in [-0.39, 0.29) is 18.9 Å². The van der Waals surface area contributed by atoms with Crippen LogP contribution < -0.4 is 0 Å². The maximum atomic E-state index is 12.4. The Hall–Kier alpha value is -3.52. The molecule has 236 valence electrons. The number of benzene rings is 1. The maximum absolute atomic E-state index is 12.4. The average Bonchev–Trinajstić information content (AvgIpc) is 2.88. The molecular weight excluding hydrogens is 615 g/mol. The number of hydrogen-bond acceptors (Lipinski definition) is 7. The zero-order chi connectivity index (χ0) is 32.3. The third-order valence-corrected chi connectivity index (χ3v) is 7.39. The van der Waals surface area contributed by atoms with Crippen LogP contribution in [0, 0.1) is 11.8 Å². The topological polar surface area (TPSA) is 126 Å². The molecular formula is C28H33ClF3N3O7S. The van der Waals surface area contributed by atoms with Gasteiger partial charge in [0.15, 0.2) is 0 Å². The Morgan fingerprint density at radius 1 is 1.02 bits per heavy atom. The normalized spacial score (nSPS) is 19.6. The Labute approximate surface area is 252 Å². The summed E-state index contributed by atoms with van der Waals surface area (Å²) in [5, 5.41) is 10.9. The smallest absolute Gasteiger partial charge is 0.465 e. The lowest BCUT2D eigenvalue weighted by Gasteiger charge is -2.32. The van der Waals surface area contributed by atoms with E-state index in [0.29, 0.717) is 17.5 Å². The molecule has 0 bridgehead atoms. The highest BCUT2D eigenvalue weighted by molar-refractivity contribution is 7.87. The molecule has 15 heteroatoms. The molecule has 2 aliphatic heterocycles. The van der Waals surface area contributed by atoms with Crippen molar-refractivity contribution in [3.63, 3.8) is 0 Å². The number of alkyl halides is 3. The first-order valence-corrected chi connectivity index (χ1v) is 15.0. The van der Waals surface area contributed by atoms with E-state index in [4.69, 9.17) is 16.3 Å². The van der Waals surface area contributed by atoms with Crippen molar-refractivity contribution < 1.29 is 45.2 Å². The van der Waals surface area contributed by atoms with Gasteiger partial charge in [0, 0.05) is 30.2 Å². The second-order valence-electron chi connectivity index (χ2n) is 11.3. The number of amides is 2. The highest BCUT2D eigenvalue weighted by atomic mass is 35.5. The number of nitrogens with zero attached hydrogens (tertiary/aromatic N) is 3. The first-order chi connectivity index (χ1) is 19.8. The highest BCUT2D eigenvalue weighted by Gasteiger charge is 2.50. The Morgan fingerprint density at radius 3 is 2.21 bits per heavy atom. The van der Waals surface area contributed by atoms with Gasteiger partial charge in [-0.25, -0.2) is 14.5 Å². The van der Waals surface area contributed by atoms with E-state index in [1.165, 1.54) is 4.90 Å². The fourth-order valence-corrected chi connectivity index (χ4v) is 4.87. The van der Waals surface area contributed by atoms with Gasteiger partial charge in [-0.05, 0) is 63.7 Å². The largest absolute Gasteiger partial charge is 0.534 e. The van der Waals surface area contributed by atoms with Gasteiger partial charge in [-0.15, -0.1) is 0 Å². The predicted octanol–water partition coefficient (Wildman–Crippen LogP) is 7.22. The predicted molar refractivity (Wildman–Crippen MR) is 154 cm³/mol. The first-order valence-electron chi connectivity index (χ1n) is 13.2. The van der Waals surface area contributed by atoms with Crippen LogP contribution in [0.1, 0.15) is 53.0 Å². The van der Waals surface area contributed by atoms with E-state index in [0.717, 1.165) is 39.6 Å². The zero-order valence-electron chi connectivity index (χ0n) is 24.2. The summed E-state index contributed by atoms with van der Waals surface area (Å²) in [6.07, 6.45) is 3.98. The van der Waals surface area contributed by atoms with E-state index in [2.05, 4.69) is 9.17 Å². The van der Waals surface area contributed by atoms with Crippen molar-refractivity contribution in [1.82, 2.24) is 14.8 Å². The SMILES string of the molecule is CC1CC=C(OS(=O)(=O)C(F)(F)F)N(C(=O)OC(C)(C)C)C1.CC1CC=C(c2ccc3cc(Cl)cnc3c2)N(C(=O)O)C1. The summed E-state index contributed by atoms with van der Waals surface area (Å²) < 4.78 is 68.5. The van der Waals surface area contributed by atoms with Crippen LogP contribution in [-0.2, 0) is 19.0 Å². The van der Waals surface area contributed by atoms with Crippen molar-refractivity contribution in [1.29, 1.82) is 0 Å². The van der Waals surface area contributed by atoms with Gasteiger partial charge < -0.3 is 14.0 Å². The summed E-state index contributed by atoms with van der Waals surface area (Å²) in [5.74, 6) is -0.430. The van der Waals surface area contributed by atoms with E-state index in [1.807, 2.05) is 37.3 Å². The minimum Gasteiger partial charge on any atom is -0.465 e. The molecule has 1 aromatic carbocycles. The van der Waals surface area contributed by atoms with Crippen LogP contribution in [0.25, 0.3) is 16.6 Å². The van der Waals surface area contributed by atoms with Crippen LogP contribution in [0.3, 0.4) is 0 Å². The van der Waals surface area contributed by atoms with Crippen LogP contribution in [-0.4, -0.2) is 64.7 Å². The number of ether oxygens (including phenoxy) is 1. The van der Waals surface area contributed by atoms with Gasteiger partial charge in [0.2, 0.25) is 5.88 Å². The second kappa shape index (κ2) is 13.0. The molecule has 0 spiro atoms. The highest BCUT2D eigenvalue weighted by Crippen LogP contribution is 2.32. The Balaban J connectivity index is 0.000000235. The lowest BCUT2D eigenvalue weighted by atomic mass is 9.98. The molecule has 2 unspecified atom stereocenters. The van der Waals surface area contributed by atoms with Gasteiger partial charge in [0.05, 0.1) is 16.2 Å². The van der Waals surface area contributed by atoms with Crippen LogP contribution in [0.15, 0.2) is 48.5 Å². The van der Waals surface area contributed by atoms with Gasteiger partial charge in [0.1, 0.15) is 5.60 Å². The van der Waals surface area contributed by atoms with Crippen LogP contribution in [0.2, 0.25) is 5.02 Å². The van der Waals surface area contributed by atoms with Crippen LogP contribution in [0.4, 0.5) is 22.8 Å². The summed E-state index contributed by atoms with van der Waals surface area (Å²) in [7, 11) is -5.84. The number of carbonyl (C=O) groups excluding carboxylic acids is 1. The van der Waals surface area contributed by atoms with Crippen molar-refractivity contribution in [3.8, 4) is 0 Å². The molecule has 2 aliphatic rings. The van der Waals surface area contributed by atoms with E-state index in [9.17, 15) is 36.3 Å². The van der Waals surface area contributed by atoms with Crippen LogP contribution in [0.5, 0.6) is 0 Å². The van der Waals surface area contributed by atoms with Gasteiger partial charge in [-0.3, -0.25) is 9.88 Å². The third kappa shape index (κ3) is 8.99. The maximum Gasteiger partial charge on any atom is 0.534 e. The molecule has 0 saturated heterocycles. The summed E-state index contributed by atoms with van der Waals surface area (Å²) in [4.78, 5) is 29.9. The minimum absolute atomic E-state index is 0.00583. The van der Waals surface area contributed by atoms with E-state index >= 15 is 0 Å². The minimum atomic E-state index is -5.84. The summed E-state index contributed by atoms with van der Waals surface area (Å²) in [6, 6.07) is 7.59. The van der Waals surface area contributed by atoms with Crippen LogP contribution >= 0.6 is 11.6 Å². The lowest BCUT2D eigenvalue weighted by Crippen LogP contribution is -2.42. The number of hydrogen-bond donors (Lipinski definition) is 1.